The molecule has 0 bridgehead atoms. The van der Waals surface area contributed by atoms with E-state index < -0.39 is 39.4 Å². The van der Waals surface area contributed by atoms with Gasteiger partial charge in [-0.05, 0) is 26.3 Å². The molecule has 0 heterocycles. The average molecular weight is 298 g/mol. The Bertz CT molecular complexity index is 613. The number of aryl methyl sites for hydroxylation is 1. The maximum atomic E-state index is 13.9. The zero-order valence-corrected chi connectivity index (χ0v) is 11.8. The zero-order valence-electron chi connectivity index (χ0n) is 11.8. The molecular weight excluding hydrogens is 283 g/mol. The van der Waals surface area contributed by atoms with Crippen LogP contribution in [0.4, 0.5) is 10.1 Å². The van der Waals surface area contributed by atoms with Crippen molar-refractivity contribution in [2.45, 2.75) is 32.7 Å². The highest BCUT2D eigenvalue weighted by molar-refractivity contribution is 5.96. The Kier molecular flexibility index (Phi) is 4.62. The lowest BCUT2D eigenvalue weighted by Crippen LogP contribution is -2.45. The molecule has 0 fully saturated rings. The largest absolute Gasteiger partial charge is 0.481 e. The van der Waals surface area contributed by atoms with Crippen LogP contribution in [0.2, 0.25) is 0 Å². The number of rotatable bonds is 5. The van der Waals surface area contributed by atoms with Crippen LogP contribution in [-0.4, -0.2) is 27.4 Å². The van der Waals surface area contributed by atoms with E-state index in [4.69, 9.17) is 5.11 Å². The molecule has 0 radical (unpaired) electrons. The number of carboxylic acid groups (broad SMARTS) is 1. The van der Waals surface area contributed by atoms with Gasteiger partial charge in [-0.3, -0.25) is 19.7 Å². The summed E-state index contributed by atoms with van der Waals surface area (Å²) in [7, 11) is 0. The van der Waals surface area contributed by atoms with Gasteiger partial charge in [0, 0.05) is 17.7 Å². The van der Waals surface area contributed by atoms with Crippen LogP contribution in [0, 0.1) is 22.9 Å². The first kappa shape index (κ1) is 16.5. The number of nitro groups is 1. The number of amides is 1. The van der Waals surface area contributed by atoms with E-state index in [2.05, 4.69) is 5.32 Å². The number of hydrogen-bond donors (Lipinski definition) is 2. The van der Waals surface area contributed by atoms with Crippen molar-refractivity contribution in [3.05, 3.63) is 39.2 Å². The normalized spacial score (nSPS) is 11.0. The summed E-state index contributed by atoms with van der Waals surface area (Å²) in [6, 6.07) is 1.85. The Morgan fingerprint density at radius 2 is 2.00 bits per heavy atom. The zero-order chi connectivity index (χ0) is 16.4. The number of carboxylic acids is 1. The van der Waals surface area contributed by atoms with E-state index in [9.17, 15) is 24.1 Å². The van der Waals surface area contributed by atoms with Crippen molar-refractivity contribution in [1.82, 2.24) is 5.32 Å². The van der Waals surface area contributed by atoms with Gasteiger partial charge in [-0.25, -0.2) is 4.39 Å². The highest BCUT2D eigenvalue weighted by Gasteiger charge is 2.27. The standard InChI is InChI=1S/C13H15FN2O5/c1-7-4-8(16(20)21)5-9(11(7)14)12(19)15-13(2,3)6-10(17)18/h4-5H,6H2,1-3H3,(H,15,19)(H,17,18). The van der Waals surface area contributed by atoms with Gasteiger partial charge in [-0.1, -0.05) is 0 Å². The van der Waals surface area contributed by atoms with Gasteiger partial charge in [0.25, 0.3) is 11.6 Å². The molecule has 8 heteroatoms. The Morgan fingerprint density at radius 1 is 1.43 bits per heavy atom. The van der Waals surface area contributed by atoms with Crippen molar-refractivity contribution in [1.29, 1.82) is 0 Å². The molecule has 0 aromatic heterocycles. The summed E-state index contributed by atoms with van der Waals surface area (Å²) in [5.41, 5.74) is -2.05. The third-order valence-electron chi connectivity index (χ3n) is 2.74. The summed E-state index contributed by atoms with van der Waals surface area (Å²) in [6.45, 7) is 4.23. The number of hydrogen-bond acceptors (Lipinski definition) is 4. The molecule has 114 valence electrons. The molecule has 0 aliphatic rings. The molecule has 0 saturated heterocycles. The molecule has 0 aliphatic carbocycles. The SMILES string of the molecule is Cc1cc([N+](=O)[O-])cc(C(=O)NC(C)(C)CC(=O)O)c1F. The van der Waals surface area contributed by atoms with Crippen LogP contribution in [0.5, 0.6) is 0 Å². The summed E-state index contributed by atoms with van der Waals surface area (Å²) in [4.78, 5) is 32.7. The highest BCUT2D eigenvalue weighted by Crippen LogP contribution is 2.22. The quantitative estimate of drug-likeness (QED) is 0.638. The predicted octanol–water partition coefficient (Wildman–Crippen LogP) is 2.03. The smallest absolute Gasteiger partial charge is 0.305 e. The van der Waals surface area contributed by atoms with Gasteiger partial charge in [0.2, 0.25) is 0 Å². The summed E-state index contributed by atoms with van der Waals surface area (Å²) in [5, 5.41) is 21.8. The number of nitrogens with one attached hydrogen (secondary N) is 1. The number of halogens is 1. The van der Waals surface area contributed by atoms with Crippen LogP contribution < -0.4 is 5.32 Å². The minimum Gasteiger partial charge on any atom is -0.481 e. The summed E-state index contributed by atoms with van der Waals surface area (Å²) >= 11 is 0. The molecular formula is C13H15FN2O5. The first-order valence-electron chi connectivity index (χ1n) is 6.02. The molecule has 21 heavy (non-hydrogen) atoms. The van der Waals surface area contributed by atoms with Crippen molar-refractivity contribution in [2.75, 3.05) is 0 Å². The fraction of sp³-hybridized carbons (Fsp3) is 0.385. The number of nitro benzene ring substituents is 1. The van der Waals surface area contributed by atoms with Crippen LogP contribution in [0.3, 0.4) is 0 Å². The number of aliphatic carboxylic acids is 1. The Labute approximate surface area is 119 Å². The molecule has 0 spiro atoms. The van der Waals surface area contributed by atoms with Gasteiger partial charge < -0.3 is 10.4 Å². The molecule has 1 rings (SSSR count). The Hall–Kier alpha value is -2.51. The lowest BCUT2D eigenvalue weighted by Gasteiger charge is -2.24. The molecule has 0 saturated carbocycles. The lowest BCUT2D eigenvalue weighted by atomic mass is 9.99. The van der Waals surface area contributed by atoms with Crippen LogP contribution in [-0.2, 0) is 4.79 Å². The van der Waals surface area contributed by atoms with E-state index in [1.807, 2.05) is 0 Å². The number of non-ortho nitro benzene ring substituents is 1. The molecule has 1 aromatic rings. The van der Waals surface area contributed by atoms with Gasteiger partial charge in [-0.15, -0.1) is 0 Å². The van der Waals surface area contributed by atoms with Crippen molar-refractivity contribution >= 4 is 17.6 Å². The number of carbonyl (C=O) groups is 2. The minimum absolute atomic E-state index is 0.0367. The maximum Gasteiger partial charge on any atom is 0.305 e. The lowest BCUT2D eigenvalue weighted by molar-refractivity contribution is -0.385. The second-order valence-corrected chi connectivity index (χ2v) is 5.29. The van der Waals surface area contributed by atoms with E-state index in [1.165, 1.54) is 20.8 Å². The van der Waals surface area contributed by atoms with Crippen LogP contribution in [0.1, 0.15) is 36.2 Å². The third kappa shape index (κ3) is 4.23. The maximum absolute atomic E-state index is 13.9. The van der Waals surface area contributed by atoms with Gasteiger partial charge >= 0.3 is 5.97 Å². The van der Waals surface area contributed by atoms with Crippen LogP contribution >= 0.6 is 0 Å². The van der Waals surface area contributed by atoms with Crippen LogP contribution in [0.25, 0.3) is 0 Å². The number of carbonyl (C=O) groups excluding carboxylic acids is 1. The summed E-state index contributed by atoms with van der Waals surface area (Å²) in [6.07, 6.45) is -0.367. The number of benzene rings is 1. The predicted molar refractivity (Wildman–Crippen MR) is 71.6 cm³/mol. The van der Waals surface area contributed by atoms with E-state index in [0.29, 0.717) is 0 Å². The third-order valence-corrected chi connectivity index (χ3v) is 2.74. The van der Waals surface area contributed by atoms with Crippen molar-refractivity contribution in [2.24, 2.45) is 0 Å². The van der Waals surface area contributed by atoms with E-state index >= 15 is 0 Å². The Balaban J connectivity index is 3.13. The molecule has 7 nitrogen and oxygen atoms in total. The van der Waals surface area contributed by atoms with Gasteiger partial charge in [-0.2, -0.15) is 0 Å². The second kappa shape index (κ2) is 5.86. The summed E-state index contributed by atoms with van der Waals surface area (Å²) in [5.74, 6) is -2.90. The molecule has 0 atom stereocenters. The van der Waals surface area contributed by atoms with E-state index in [0.717, 1.165) is 12.1 Å². The van der Waals surface area contributed by atoms with Crippen molar-refractivity contribution in [3.8, 4) is 0 Å². The topological polar surface area (TPSA) is 110 Å². The molecule has 0 aliphatic heterocycles. The molecule has 0 unspecified atom stereocenters. The molecule has 1 amide bonds. The van der Waals surface area contributed by atoms with Gasteiger partial charge in [0.05, 0.1) is 16.9 Å². The highest BCUT2D eigenvalue weighted by atomic mass is 19.1. The first-order chi connectivity index (χ1) is 9.53. The van der Waals surface area contributed by atoms with Gasteiger partial charge in [0.15, 0.2) is 0 Å². The molecule has 1 aromatic carbocycles. The monoisotopic (exact) mass is 298 g/mol. The first-order valence-corrected chi connectivity index (χ1v) is 6.02. The Morgan fingerprint density at radius 3 is 2.48 bits per heavy atom. The van der Waals surface area contributed by atoms with Crippen LogP contribution in [0.15, 0.2) is 12.1 Å². The fourth-order valence-electron chi connectivity index (χ4n) is 1.82. The average Bonchev–Trinajstić information content (AvgIpc) is 2.29. The van der Waals surface area contributed by atoms with E-state index in [-0.39, 0.29) is 12.0 Å². The van der Waals surface area contributed by atoms with Crippen molar-refractivity contribution < 1.29 is 24.0 Å². The van der Waals surface area contributed by atoms with E-state index in [1.54, 1.807) is 0 Å². The van der Waals surface area contributed by atoms with Gasteiger partial charge in [0.1, 0.15) is 5.82 Å². The van der Waals surface area contributed by atoms with Crippen molar-refractivity contribution in [3.63, 3.8) is 0 Å². The fourth-order valence-corrected chi connectivity index (χ4v) is 1.82. The second-order valence-electron chi connectivity index (χ2n) is 5.29. The summed E-state index contributed by atoms with van der Waals surface area (Å²) < 4.78 is 13.9. The number of nitrogens with zero attached hydrogens (tertiary/aromatic N) is 1. The minimum atomic E-state index is -1.13. The molecule has 2 N–H and O–H groups in total.